The second-order valence-corrected chi connectivity index (χ2v) is 5.30. The van der Waals surface area contributed by atoms with Crippen LogP contribution in [0.4, 0.5) is 0 Å². The van der Waals surface area contributed by atoms with Gasteiger partial charge in [0.1, 0.15) is 0 Å². The molecule has 0 bridgehead atoms. The molecule has 0 aromatic heterocycles. The number of nitrogens with one attached hydrogen (secondary N) is 2. The lowest BCUT2D eigenvalue weighted by Gasteiger charge is -2.14. The molecular weight excluding hydrogens is 284 g/mol. The van der Waals surface area contributed by atoms with Crippen molar-refractivity contribution in [2.75, 3.05) is 6.54 Å². The van der Waals surface area contributed by atoms with E-state index >= 15 is 0 Å². The number of benzene rings is 2. The first-order valence-electron chi connectivity index (χ1n) is 6.95. The Labute approximate surface area is 130 Å². The lowest BCUT2D eigenvalue weighted by molar-refractivity contribution is -0.120. The molecule has 1 unspecified atom stereocenters. The van der Waals surface area contributed by atoms with Crippen LogP contribution in [-0.2, 0) is 11.3 Å². The molecule has 2 aromatic carbocycles. The molecule has 0 spiro atoms. The smallest absolute Gasteiger partial charge is 0.234 e. The first-order chi connectivity index (χ1) is 10.2. The van der Waals surface area contributed by atoms with E-state index in [9.17, 15) is 4.79 Å². The standard InChI is InChI=1S/C17H19ClN2O/c1-13(14-7-3-2-4-8-14)20-17(21)12-19-11-15-9-5-6-10-16(15)18/h2-10,13,19H,11-12H2,1H3,(H,20,21). The molecule has 21 heavy (non-hydrogen) atoms. The van der Waals surface area contributed by atoms with Crippen LogP contribution in [0, 0.1) is 0 Å². The van der Waals surface area contributed by atoms with Crippen molar-refractivity contribution in [2.45, 2.75) is 19.5 Å². The SMILES string of the molecule is CC(NC(=O)CNCc1ccccc1Cl)c1ccccc1. The van der Waals surface area contributed by atoms with Gasteiger partial charge in [0, 0.05) is 11.6 Å². The van der Waals surface area contributed by atoms with Crippen LogP contribution in [0.25, 0.3) is 0 Å². The monoisotopic (exact) mass is 302 g/mol. The molecule has 2 rings (SSSR count). The van der Waals surface area contributed by atoms with E-state index in [4.69, 9.17) is 11.6 Å². The summed E-state index contributed by atoms with van der Waals surface area (Å²) in [6.07, 6.45) is 0. The number of halogens is 1. The zero-order valence-electron chi connectivity index (χ0n) is 12.0. The summed E-state index contributed by atoms with van der Waals surface area (Å²) < 4.78 is 0. The number of hydrogen-bond acceptors (Lipinski definition) is 2. The van der Waals surface area contributed by atoms with E-state index < -0.39 is 0 Å². The van der Waals surface area contributed by atoms with Crippen molar-refractivity contribution in [2.24, 2.45) is 0 Å². The van der Waals surface area contributed by atoms with Crippen molar-refractivity contribution in [3.63, 3.8) is 0 Å². The van der Waals surface area contributed by atoms with E-state index in [1.807, 2.05) is 61.5 Å². The fraction of sp³-hybridized carbons (Fsp3) is 0.235. The highest BCUT2D eigenvalue weighted by Gasteiger charge is 2.08. The van der Waals surface area contributed by atoms with Crippen LogP contribution >= 0.6 is 11.6 Å². The van der Waals surface area contributed by atoms with Crippen LogP contribution in [0.1, 0.15) is 24.1 Å². The van der Waals surface area contributed by atoms with Crippen molar-refractivity contribution < 1.29 is 4.79 Å². The van der Waals surface area contributed by atoms with E-state index in [1.54, 1.807) is 0 Å². The number of carbonyl (C=O) groups excluding carboxylic acids is 1. The van der Waals surface area contributed by atoms with Gasteiger partial charge in [-0.15, -0.1) is 0 Å². The third kappa shape index (κ3) is 4.88. The van der Waals surface area contributed by atoms with Crippen molar-refractivity contribution >= 4 is 17.5 Å². The summed E-state index contributed by atoms with van der Waals surface area (Å²) in [6.45, 7) is 2.82. The highest BCUT2D eigenvalue weighted by molar-refractivity contribution is 6.31. The minimum absolute atomic E-state index is 0.000753. The molecule has 1 amide bonds. The second-order valence-electron chi connectivity index (χ2n) is 4.89. The van der Waals surface area contributed by atoms with Crippen LogP contribution < -0.4 is 10.6 Å². The topological polar surface area (TPSA) is 41.1 Å². The lowest BCUT2D eigenvalue weighted by Crippen LogP contribution is -2.35. The van der Waals surface area contributed by atoms with Crippen LogP contribution in [0.15, 0.2) is 54.6 Å². The van der Waals surface area contributed by atoms with Crippen molar-refractivity contribution in [3.8, 4) is 0 Å². The van der Waals surface area contributed by atoms with Gasteiger partial charge in [-0.05, 0) is 24.1 Å². The quantitative estimate of drug-likeness (QED) is 0.859. The molecule has 0 fully saturated rings. The van der Waals surface area contributed by atoms with E-state index in [-0.39, 0.29) is 18.5 Å². The Balaban J connectivity index is 1.76. The van der Waals surface area contributed by atoms with Crippen molar-refractivity contribution in [3.05, 3.63) is 70.7 Å². The Bertz CT molecular complexity index is 586. The molecule has 0 aliphatic heterocycles. The molecule has 0 saturated carbocycles. The first-order valence-corrected chi connectivity index (χ1v) is 7.33. The van der Waals surface area contributed by atoms with Gasteiger partial charge in [0.05, 0.1) is 12.6 Å². The molecule has 2 N–H and O–H groups in total. The van der Waals surface area contributed by atoms with Gasteiger partial charge in [0.15, 0.2) is 0 Å². The van der Waals surface area contributed by atoms with Crippen LogP contribution in [-0.4, -0.2) is 12.5 Å². The van der Waals surface area contributed by atoms with Crippen molar-refractivity contribution in [1.29, 1.82) is 0 Å². The van der Waals surface area contributed by atoms with Gasteiger partial charge in [-0.2, -0.15) is 0 Å². The average molecular weight is 303 g/mol. The highest BCUT2D eigenvalue weighted by atomic mass is 35.5. The summed E-state index contributed by atoms with van der Waals surface area (Å²) in [6, 6.07) is 17.5. The van der Waals surface area contributed by atoms with Crippen LogP contribution in [0.3, 0.4) is 0 Å². The van der Waals surface area contributed by atoms with E-state index in [0.717, 1.165) is 11.1 Å². The van der Waals surface area contributed by atoms with E-state index in [2.05, 4.69) is 10.6 Å². The van der Waals surface area contributed by atoms with Gasteiger partial charge in [-0.25, -0.2) is 0 Å². The summed E-state index contributed by atoms with van der Waals surface area (Å²) in [5.74, 6) is -0.0293. The molecule has 3 nitrogen and oxygen atoms in total. The van der Waals surface area contributed by atoms with Gasteiger partial charge >= 0.3 is 0 Å². The zero-order valence-corrected chi connectivity index (χ0v) is 12.7. The molecule has 0 aliphatic carbocycles. The zero-order chi connectivity index (χ0) is 15.1. The minimum Gasteiger partial charge on any atom is -0.348 e. The Morgan fingerprint density at radius 3 is 2.48 bits per heavy atom. The van der Waals surface area contributed by atoms with Gasteiger partial charge in [-0.3, -0.25) is 4.79 Å². The Kier molecular flexibility index (Phi) is 5.78. The molecule has 0 radical (unpaired) electrons. The molecule has 0 saturated heterocycles. The molecule has 4 heteroatoms. The van der Waals surface area contributed by atoms with Crippen molar-refractivity contribution in [1.82, 2.24) is 10.6 Å². The maximum atomic E-state index is 11.9. The number of hydrogen-bond donors (Lipinski definition) is 2. The molecule has 0 aliphatic rings. The number of rotatable bonds is 6. The first kappa shape index (κ1) is 15.5. The summed E-state index contributed by atoms with van der Waals surface area (Å²) in [5.41, 5.74) is 2.08. The molecular formula is C17H19ClN2O. The third-order valence-corrected chi connectivity index (χ3v) is 3.60. The van der Waals surface area contributed by atoms with Crippen LogP contribution in [0.5, 0.6) is 0 Å². The molecule has 110 valence electrons. The maximum Gasteiger partial charge on any atom is 0.234 e. The number of carbonyl (C=O) groups is 1. The third-order valence-electron chi connectivity index (χ3n) is 3.24. The van der Waals surface area contributed by atoms with Gasteiger partial charge in [0.2, 0.25) is 5.91 Å². The van der Waals surface area contributed by atoms with E-state index in [1.165, 1.54) is 0 Å². The van der Waals surface area contributed by atoms with Crippen LogP contribution in [0.2, 0.25) is 5.02 Å². The Hall–Kier alpha value is -1.84. The largest absolute Gasteiger partial charge is 0.348 e. The minimum atomic E-state index is -0.0293. The van der Waals surface area contributed by atoms with E-state index in [0.29, 0.717) is 11.6 Å². The average Bonchev–Trinajstić information content (AvgIpc) is 2.50. The van der Waals surface area contributed by atoms with Gasteiger partial charge in [0.25, 0.3) is 0 Å². The molecule has 1 atom stereocenters. The Morgan fingerprint density at radius 2 is 1.76 bits per heavy atom. The molecule has 0 heterocycles. The predicted octanol–water partition coefficient (Wildman–Crippen LogP) is 3.31. The molecule has 2 aromatic rings. The lowest BCUT2D eigenvalue weighted by atomic mass is 10.1. The summed E-state index contributed by atoms with van der Waals surface area (Å²) in [4.78, 5) is 11.9. The summed E-state index contributed by atoms with van der Waals surface area (Å²) in [5, 5.41) is 6.78. The number of amides is 1. The fourth-order valence-electron chi connectivity index (χ4n) is 2.07. The Morgan fingerprint density at radius 1 is 1.10 bits per heavy atom. The normalized spacial score (nSPS) is 11.9. The van der Waals surface area contributed by atoms with Gasteiger partial charge < -0.3 is 10.6 Å². The van der Waals surface area contributed by atoms with Gasteiger partial charge in [-0.1, -0.05) is 60.1 Å². The fourth-order valence-corrected chi connectivity index (χ4v) is 2.27. The summed E-state index contributed by atoms with van der Waals surface area (Å²) >= 11 is 6.06. The summed E-state index contributed by atoms with van der Waals surface area (Å²) in [7, 11) is 0. The highest BCUT2D eigenvalue weighted by Crippen LogP contribution is 2.14. The second kappa shape index (κ2) is 7.81. The predicted molar refractivity (Wildman–Crippen MR) is 86.2 cm³/mol. The maximum absolute atomic E-state index is 11.9.